The Morgan fingerprint density at radius 1 is 0.970 bits per heavy atom. The molecule has 0 heterocycles. The van der Waals surface area contributed by atoms with Crippen LogP contribution in [0.2, 0.25) is 0 Å². The summed E-state index contributed by atoms with van der Waals surface area (Å²) in [5, 5.41) is 12.0. The van der Waals surface area contributed by atoms with E-state index in [1.54, 1.807) is 7.11 Å². The van der Waals surface area contributed by atoms with E-state index in [4.69, 9.17) is 19.3 Å². The number of methoxy groups -OCH3 is 1. The van der Waals surface area contributed by atoms with E-state index in [0.717, 1.165) is 75.8 Å². The van der Waals surface area contributed by atoms with Gasteiger partial charge < -0.3 is 24.6 Å². The van der Waals surface area contributed by atoms with Crippen molar-refractivity contribution in [2.45, 2.75) is 78.1 Å². The lowest BCUT2D eigenvalue weighted by Crippen LogP contribution is -2.29. The first-order chi connectivity index (χ1) is 15.6. The predicted molar refractivity (Wildman–Crippen MR) is 137 cm³/mol. The van der Waals surface area contributed by atoms with E-state index < -0.39 is 0 Å². The number of rotatable bonds is 20. The van der Waals surface area contributed by atoms with Crippen molar-refractivity contribution in [1.29, 1.82) is 0 Å². The first kappa shape index (κ1) is 31.5. The Morgan fingerprint density at radius 3 is 2.42 bits per heavy atom. The molecule has 0 aliphatic rings. The van der Waals surface area contributed by atoms with Gasteiger partial charge in [0, 0.05) is 45.6 Å². The number of unbranched alkanes of at least 4 members (excludes halogenated alkanes) is 4. The second kappa shape index (κ2) is 21.1. The molecule has 0 aliphatic heterocycles. The molecule has 0 fully saturated rings. The summed E-state index contributed by atoms with van der Waals surface area (Å²) in [6, 6.07) is 6.14. The number of carbonyl (C=O) groups is 1. The van der Waals surface area contributed by atoms with Gasteiger partial charge in [-0.1, -0.05) is 45.6 Å². The summed E-state index contributed by atoms with van der Waals surface area (Å²) < 4.78 is 16.8. The van der Waals surface area contributed by atoms with Gasteiger partial charge in [0.25, 0.3) is 0 Å². The number of aliphatic hydroxyl groups is 1. The van der Waals surface area contributed by atoms with E-state index >= 15 is 0 Å². The van der Waals surface area contributed by atoms with Crippen molar-refractivity contribution in [3.63, 3.8) is 0 Å². The van der Waals surface area contributed by atoms with Gasteiger partial charge in [-0.15, -0.1) is 12.4 Å². The number of hydrogen-bond acceptors (Lipinski definition) is 5. The molecule has 1 aromatic rings. The normalized spacial score (nSPS) is 11.5. The van der Waals surface area contributed by atoms with Crippen LogP contribution in [0.4, 0.5) is 0 Å². The molecule has 33 heavy (non-hydrogen) atoms. The molecule has 6 nitrogen and oxygen atoms in total. The quantitative estimate of drug-likeness (QED) is 0.243. The number of aliphatic hydroxyl groups excluding tert-OH is 1. The maximum atomic E-state index is 12.0. The smallest absolute Gasteiger partial charge is 0.222 e. The summed E-state index contributed by atoms with van der Waals surface area (Å²) in [6.45, 7) is 6.79. The van der Waals surface area contributed by atoms with Gasteiger partial charge in [-0.05, 0) is 43.4 Å². The SMILES string of the molecule is CCCCNC(=O)[C@H](C)CCCCCCc1ccc(OCCCO)c(OCCCOC)c1.Cl. The average Bonchev–Trinajstić information content (AvgIpc) is 2.80. The van der Waals surface area contributed by atoms with E-state index in [0.29, 0.717) is 26.2 Å². The molecule has 7 heteroatoms. The topological polar surface area (TPSA) is 77.0 Å². The molecule has 0 saturated carbocycles. The third kappa shape index (κ3) is 15.1. The average molecular weight is 488 g/mol. The summed E-state index contributed by atoms with van der Waals surface area (Å²) in [7, 11) is 1.69. The minimum Gasteiger partial charge on any atom is -0.490 e. The third-order valence-corrected chi connectivity index (χ3v) is 5.45. The van der Waals surface area contributed by atoms with Crippen molar-refractivity contribution in [2.24, 2.45) is 5.92 Å². The zero-order valence-electron chi connectivity index (χ0n) is 20.9. The first-order valence-corrected chi connectivity index (χ1v) is 12.4. The summed E-state index contributed by atoms with van der Waals surface area (Å²) in [5.41, 5.74) is 1.24. The van der Waals surface area contributed by atoms with Crippen molar-refractivity contribution in [1.82, 2.24) is 5.32 Å². The fraction of sp³-hybridized carbons (Fsp3) is 0.731. The largest absolute Gasteiger partial charge is 0.490 e. The van der Waals surface area contributed by atoms with Gasteiger partial charge in [-0.25, -0.2) is 0 Å². The van der Waals surface area contributed by atoms with Crippen molar-refractivity contribution < 1.29 is 24.1 Å². The number of halogens is 1. The molecule has 1 amide bonds. The zero-order chi connectivity index (χ0) is 23.4. The van der Waals surface area contributed by atoms with Crippen molar-refractivity contribution >= 4 is 18.3 Å². The molecule has 0 spiro atoms. The lowest BCUT2D eigenvalue weighted by Gasteiger charge is -2.14. The maximum Gasteiger partial charge on any atom is 0.222 e. The van der Waals surface area contributed by atoms with Crippen molar-refractivity contribution in [2.75, 3.05) is 40.1 Å². The van der Waals surface area contributed by atoms with E-state index in [9.17, 15) is 4.79 Å². The highest BCUT2D eigenvalue weighted by Gasteiger charge is 2.11. The van der Waals surface area contributed by atoms with E-state index in [1.165, 1.54) is 5.56 Å². The van der Waals surface area contributed by atoms with Crippen LogP contribution in [0.15, 0.2) is 18.2 Å². The molecule has 0 unspecified atom stereocenters. The van der Waals surface area contributed by atoms with Gasteiger partial charge in [0.15, 0.2) is 11.5 Å². The van der Waals surface area contributed by atoms with Crippen LogP contribution in [-0.4, -0.2) is 51.1 Å². The number of aryl methyl sites for hydroxylation is 1. The number of benzene rings is 1. The number of amides is 1. The standard InChI is InChI=1S/C26H45NO5.ClH/c1-4-5-16-27-26(29)22(2)12-8-6-7-9-13-23-14-15-24(31-19-10-17-28)25(21-23)32-20-11-18-30-3;/h14-15,21-22,28H,4-13,16-20H2,1-3H3,(H,27,29);1H/t22-;/m1./s1. The summed E-state index contributed by atoms with van der Waals surface area (Å²) in [4.78, 5) is 12.0. The van der Waals surface area contributed by atoms with Crippen LogP contribution in [0.5, 0.6) is 11.5 Å². The highest BCUT2D eigenvalue weighted by molar-refractivity contribution is 5.85. The van der Waals surface area contributed by atoms with Gasteiger partial charge in [-0.3, -0.25) is 4.79 Å². The Bertz CT molecular complexity index is 614. The molecule has 192 valence electrons. The van der Waals surface area contributed by atoms with Crippen LogP contribution in [0, 0.1) is 5.92 Å². The van der Waals surface area contributed by atoms with Crippen LogP contribution in [0.3, 0.4) is 0 Å². The lowest BCUT2D eigenvalue weighted by molar-refractivity contribution is -0.124. The molecule has 2 N–H and O–H groups in total. The van der Waals surface area contributed by atoms with Crippen LogP contribution >= 0.6 is 12.4 Å². The van der Waals surface area contributed by atoms with Crippen LogP contribution < -0.4 is 14.8 Å². The molecule has 1 atom stereocenters. The molecule has 0 saturated heterocycles. The molecule has 1 aromatic carbocycles. The Kier molecular flexibility index (Phi) is 20.1. The van der Waals surface area contributed by atoms with Gasteiger partial charge in [0.2, 0.25) is 5.91 Å². The molecule has 0 aliphatic carbocycles. The second-order valence-corrected chi connectivity index (χ2v) is 8.40. The van der Waals surface area contributed by atoms with Gasteiger partial charge >= 0.3 is 0 Å². The molecule has 0 bridgehead atoms. The second-order valence-electron chi connectivity index (χ2n) is 8.40. The Morgan fingerprint density at radius 2 is 1.70 bits per heavy atom. The summed E-state index contributed by atoms with van der Waals surface area (Å²) >= 11 is 0. The van der Waals surface area contributed by atoms with Gasteiger partial charge in [0.1, 0.15) is 0 Å². The first-order valence-electron chi connectivity index (χ1n) is 12.4. The van der Waals surface area contributed by atoms with E-state index in [-0.39, 0.29) is 30.8 Å². The molecule has 0 radical (unpaired) electrons. The van der Waals surface area contributed by atoms with Crippen LogP contribution in [0.1, 0.15) is 77.2 Å². The minimum absolute atomic E-state index is 0. The molecule has 1 rings (SSSR count). The fourth-order valence-corrected chi connectivity index (χ4v) is 3.40. The van der Waals surface area contributed by atoms with Gasteiger partial charge in [-0.2, -0.15) is 0 Å². The predicted octanol–water partition coefficient (Wildman–Crippen LogP) is 5.33. The molecule has 0 aromatic heterocycles. The highest BCUT2D eigenvalue weighted by Crippen LogP contribution is 2.29. The monoisotopic (exact) mass is 487 g/mol. The minimum atomic E-state index is 0. The Hall–Kier alpha value is -1.50. The summed E-state index contributed by atoms with van der Waals surface area (Å²) in [6.07, 6.45) is 10.0. The number of hydrogen-bond donors (Lipinski definition) is 2. The number of carbonyl (C=O) groups excluding carboxylic acids is 1. The fourth-order valence-electron chi connectivity index (χ4n) is 3.40. The Labute approximate surface area is 207 Å². The zero-order valence-corrected chi connectivity index (χ0v) is 21.7. The number of ether oxygens (including phenoxy) is 3. The van der Waals surface area contributed by atoms with Gasteiger partial charge in [0.05, 0.1) is 13.2 Å². The summed E-state index contributed by atoms with van der Waals surface area (Å²) in [5.74, 6) is 1.78. The lowest BCUT2D eigenvalue weighted by atomic mass is 10.00. The van der Waals surface area contributed by atoms with E-state index in [2.05, 4.69) is 24.4 Å². The Balaban J connectivity index is 0.0000102. The van der Waals surface area contributed by atoms with E-state index in [1.807, 2.05) is 13.0 Å². The van der Waals surface area contributed by atoms with Crippen LogP contribution in [0.25, 0.3) is 0 Å². The molecular formula is C26H46ClNO5. The van der Waals surface area contributed by atoms with Crippen molar-refractivity contribution in [3.8, 4) is 11.5 Å². The van der Waals surface area contributed by atoms with Crippen molar-refractivity contribution in [3.05, 3.63) is 23.8 Å². The number of nitrogens with one attached hydrogen (secondary N) is 1. The third-order valence-electron chi connectivity index (χ3n) is 5.45. The van der Waals surface area contributed by atoms with Crippen LogP contribution in [-0.2, 0) is 16.0 Å². The maximum absolute atomic E-state index is 12.0. The highest BCUT2D eigenvalue weighted by atomic mass is 35.5. The molecular weight excluding hydrogens is 442 g/mol.